The third-order valence-corrected chi connectivity index (χ3v) is 8.82. The zero-order chi connectivity index (χ0) is 32.2. The Balaban J connectivity index is 0.000000254. The molecular formula is C39H60O6. The summed E-state index contributed by atoms with van der Waals surface area (Å²) in [5.74, 6) is 1.13. The van der Waals surface area contributed by atoms with Gasteiger partial charge in [0, 0.05) is 11.8 Å². The molecule has 1 N–H and O–H groups in total. The number of carboxylic acids is 1. The highest BCUT2D eigenvalue weighted by Gasteiger charge is 2.25. The summed E-state index contributed by atoms with van der Waals surface area (Å²) in [6, 6.07) is 16.7. The van der Waals surface area contributed by atoms with Crippen LogP contribution >= 0.6 is 0 Å². The van der Waals surface area contributed by atoms with E-state index in [9.17, 15) is 4.79 Å². The lowest BCUT2D eigenvalue weighted by Crippen LogP contribution is -2.18. The first-order valence-corrected chi connectivity index (χ1v) is 17.8. The lowest BCUT2D eigenvalue weighted by molar-refractivity contribution is -0.137. The van der Waals surface area contributed by atoms with Crippen molar-refractivity contribution >= 4 is 5.97 Å². The minimum atomic E-state index is -0.653. The van der Waals surface area contributed by atoms with Gasteiger partial charge in [-0.05, 0) is 41.8 Å². The van der Waals surface area contributed by atoms with Gasteiger partial charge in [-0.15, -0.1) is 0 Å². The van der Waals surface area contributed by atoms with Gasteiger partial charge in [-0.2, -0.15) is 0 Å². The minimum absolute atomic E-state index is 0.0870. The molecule has 2 aromatic rings. The van der Waals surface area contributed by atoms with Gasteiger partial charge in [0.1, 0.15) is 36.9 Å². The van der Waals surface area contributed by atoms with Gasteiger partial charge < -0.3 is 24.1 Å². The summed E-state index contributed by atoms with van der Waals surface area (Å²) in [5.41, 5.74) is 2.42. The molecule has 0 saturated carbocycles. The number of hydrogen-bond donors (Lipinski definition) is 1. The second kappa shape index (κ2) is 21.3. The highest BCUT2D eigenvalue weighted by molar-refractivity contribution is 5.66. The lowest BCUT2D eigenvalue weighted by atomic mass is 9.78. The number of hydrogen-bond acceptors (Lipinski definition) is 5. The molecule has 2 atom stereocenters. The Bertz CT molecular complexity index is 979. The first kappa shape index (κ1) is 36.9. The fraction of sp³-hybridized carbons (Fsp3) is 0.667. The predicted molar refractivity (Wildman–Crippen MR) is 183 cm³/mol. The molecule has 2 heterocycles. The molecule has 2 aliphatic rings. The number of epoxide rings is 2. The van der Waals surface area contributed by atoms with Crippen LogP contribution in [0.2, 0.25) is 0 Å². The van der Waals surface area contributed by atoms with Crippen molar-refractivity contribution in [1.29, 1.82) is 0 Å². The molecule has 2 unspecified atom stereocenters. The smallest absolute Gasteiger partial charge is 0.303 e. The largest absolute Gasteiger partial charge is 0.491 e. The number of carbonyl (C=O) groups is 1. The molecule has 2 aliphatic heterocycles. The normalized spacial score (nSPS) is 16.9. The zero-order valence-corrected chi connectivity index (χ0v) is 28.4. The molecule has 0 bridgehead atoms. The molecule has 0 radical (unpaired) electrons. The third kappa shape index (κ3) is 16.5. The van der Waals surface area contributed by atoms with Crippen LogP contribution in [0.1, 0.15) is 135 Å². The Morgan fingerprint density at radius 1 is 0.644 bits per heavy atom. The quantitative estimate of drug-likeness (QED) is 0.0925. The predicted octanol–water partition coefficient (Wildman–Crippen LogP) is 9.90. The summed E-state index contributed by atoms with van der Waals surface area (Å²) >= 11 is 0. The van der Waals surface area contributed by atoms with E-state index in [1.165, 1.54) is 94.6 Å². The molecule has 4 rings (SSSR count). The number of unbranched alkanes of at least 4 members (excludes halogenated alkanes) is 14. The van der Waals surface area contributed by atoms with Crippen LogP contribution in [0.3, 0.4) is 0 Å². The molecular weight excluding hydrogens is 564 g/mol. The summed E-state index contributed by atoms with van der Waals surface area (Å²) in [5, 5.41) is 8.52. The Labute approximate surface area is 273 Å². The first-order valence-electron chi connectivity index (χ1n) is 17.8. The fourth-order valence-corrected chi connectivity index (χ4v) is 5.46. The summed E-state index contributed by atoms with van der Waals surface area (Å²) in [6.07, 6.45) is 20.8. The van der Waals surface area contributed by atoms with Crippen molar-refractivity contribution in [2.45, 2.75) is 141 Å². The molecule has 0 aromatic heterocycles. The van der Waals surface area contributed by atoms with Crippen LogP contribution in [0.4, 0.5) is 0 Å². The lowest BCUT2D eigenvalue weighted by Gasteiger charge is -2.26. The van der Waals surface area contributed by atoms with Crippen LogP contribution in [0.5, 0.6) is 11.5 Å². The number of ether oxygens (including phenoxy) is 4. The summed E-state index contributed by atoms with van der Waals surface area (Å²) < 4.78 is 21.8. The molecule has 0 amide bonds. The van der Waals surface area contributed by atoms with Gasteiger partial charge in [0.25, 0.3) is 0 Å². The summed E-state index contributed by atoms with van der Waals surface area (Å²) in [7, 11) is 0. The number of benzene rings is 2. The van der Waals surface area contributed by atoms with Crippen molar-refractivity contribution in [2.24, 2.45) is 0 Å². The van der Waals surface area contributed by atoms with Crippen LogP contribution < -0.4 is 9.47 Å². The molecule has 2 fully saturated rings. The van der Waals surface area contributed by atoms with E-state index in [1.54, 1.807) is 0 Å². The van der Waals surface area contributed by atoms with Crippen molar-refractivity contribution in [3.8, 4) is 11.5 Å². The van der Waals surface area contributed by atoms with Crippen LogP contribution in [0, 0.1) is 0 Å². The van der Waals surface area contributed by atoms with E-state index in [0.717, 1.165) is 37.6 Å². The van der Waals surface area contributed by atoms with E-state index >= 15 is 0 Å². The standard InChI is InChI=1S/C21H24O4.C18H36O2/c1-21(2,15-3-7-17(8-4-15)22-11-19-13-24-19)16-5-9-18(10-6-16)23-12-20-14-25-20;1-2-3-4-5-6-7-8-9-10-11-12-13-14-15-16-17-18(19)20/h3-10,19-20H,11-14H2,1-2H3;2-17H2,1H3,(H,19,20). The van der Waals surface area contributed by atoms with Crippen molar-refractivity contribution in [1.82, 2.24) is 0 Å². The highest BCUT2D eigenvalue weighted by Crippen LogP contribution is 2.33. The van der Waals surface area contributed by atoms with Gasteiger partial charge in [-0.25, -0.2) is 0 Å². The van der Waals surface area contributed by atoms with Crippen LogP contribution in [-0.2, 0) is 19.7 Å². The maximum absolute atomic E-state index is 10.3. The van der Waals surface area contributed by atoms with Crippen molar-refractivity contribution < 1.29 is 28.8 Å². The van der Waals surface area contributed by atoms with Crippen molar-refractivity contribution in [2.75, 3.05) is 26.4 Å². The van der Waals surface area contributed by atoms with Crippen LogP contribution in [-0.4, -0.2) is 49.7 Å². The maximum atomic E-state index is 10.3. The summed E-state index contributed by atoms with van der Waals surface area (Å²) in [4.78, 5) is 10.3. The highest BCUT2D eigenvalue weighted by atomic mass is 16.6. The van der Waals surface area contributed by atoms with Crippen LogP contribution in [0.15, 0.2) is 48.5 Å². The SMILES string of the molecule is CC(C)(c1ccc(OCC2CO2)cc1)c1ccc(OCC2CO2)cc1.CCCCCCCCCCCCCCCCCC(=O)O. The van der Waals surface area contributed by atoms with Gasteiger partial charge in [0.15, 0.2) is 0 Å². The van der Waals surface area contributed by atoms with E-state index < -0.39 is 5.97 Å². The monoisotopic (exact) mass is 624 g/mol. The summed E-state index contributed by atoms with van der Waals surface area (Å²) in [6.45, 7) is 9.64. The average molecular weight is 625 g/mol. The molecule has 0 aliphatic carbocycles. The number of carboxylic acid groups (broad SMARTS) is 1. The first-order chi connectivity index (χ1) is 21.9. The van der Waals surface area contributed by atoms with E-state index in [-0.39, 0.29) is 17.6 Å². The Hall–Kier alpha value is -2.57. The van der Waals surface area contributed by atoms with E-state index in [0.29, 0.717) is 19.6 Å². The molecule has 2 saturated heterocycles. The number of aliphatic carboxylic acids is 1. The topological polar surface area (TPSA) is 80.8 Å². The van der Waals surface area contributed by atoms with Gasteiger partial charge in [0.2, 0.25) is 0 Å². The molecule has 6 nitrogen and oxygen atoms in total. The maximum Gasteiger partial charge on any atom is 0.303 e. The Morgan fingerprint density at radius 2 is 0.978 bits per heavy atom. The average Bonchev–Trinajstić information content (AvgIpc) is 3.98. The van der Waals surface area contributed by atoms with Gasteiger partial charge in [-0.3, -0.25) is 4.79 Å². The fourth-order valence-electron chi connectivity index (χ4n) is 5.46. The second-order valence-electron chi connectivity index (χ2n) is 13.3. The zero-order valence-electron chi connectivity index (χ0n) is 28.4. The molecule has 45 heavy (non-hydrogen) atoms. The van der Waals surface area contributed by atoms with Gasteiger partial charge in [-0.1, -0.05) is 135 Å². The van der Waals surface area contributed by atoms with E-state index in [1.807, 2.05) is 24.3 Å². The number of rotatable bonds is 24. The second-order valence-corrected chi connectivity index (χ2v) is 13.3. The molecule has 0 spiro atoms. The van der Waals surface area contributed by atoms with Gasteiger partial charge in [0.05, 0.1) is 13.2 Å². The van der Waals surface area contributed by atoms with E-state index in [4.69, 9.17) is 24.1 Å². The third-order valence-electron chi connectivity index (χ3n) is 8.82. The van der Waals surface area contributed by atoms with Gasteiger partial charge >= 0.3 is 5.97 Å². The minimum Gasteiger partial charge on any atom is -0.491 e. The van der Waals surface area contributed by atoms with Crippen molar-refractivity contribution in [3.63, 3.8) is 0 Å². The van der Waals surface area contributed by atoms with E-state index in [2.05, 4.69) is 45.0 Å². The Kier molecular flexibility index (Phi) is 17.4. The van der Waals surface area contributed by atoms with Crippen molar-refractivity contribution in [3.05, 3.63) is 59.7 Å². The Morgan fingerprint density at radius 3 is 1.29 bits per heavy atom. The molecule has 6 heteroatoms. The molecule has 2 aromatic carbocycles. The molecule has 252 valence electrons. The van der Waals surface area contributed by atoms with Crippen LogP contribution in [0.25, 0.3) is 0 Å².